The third kappa shape index (κ3) is 3.60. The molecule has 0 saturated carbocycles. The second kappa shape index (κ2) is 4.76. The molecule has 102 valence electrons. The van der Waals surface area contributed by atoms with E-state index in [9.17, 15) is 18.0 Å². The highest BCUT2D eigenvalue weighted by Crippen LogP contribution is 2.23. The molecule has 1 heterocycles. The number of rotatable bonds is 2. The van der Waals surface area contributed by atoms with Gasteiger partial charge in [-0.2, -0.15) is 13.2 Å². The summed E-state index contributed by atoms with van der Waals surface area (Å²) >= 11 is 0. The largest absolute Gasteiger partial charge is 0.416 e. The van der Waals surface area contributed by atoms with E-state index in [1.165, 1.54) is 12.3 Å². The van der Waals surface area contributed by atoms with E-state index in [4.69, 9.17) is 5.11 Å². The van der Waals surface area contributed by atoms with Crippen LogP contribution in [0.15, 0.2) is 23.1 Å². The molecule has 0 radical (unpaired) electrons. The molecule has 0 spiro atoms. The molecule has 0 bridgehead atoms. The number of aliphatic hydroxyl groups excluding tert-OH is 1. The van der Waals surface area contributed by atoms with Gasteiger partial charge in [-0.3, -0.25) is 4.79 Å². The van der Waals surface area contributed by atoms with Gasteiger partial charge in [0.05, 0.1) is 6.54 Å². The standard InChI is InChI=1S/C12H16F3NO2/c1-11(2,3)8-4-5-10(18)16(6-8)7-9(17)12(13,14)15/h4-6,9,17H,7H2,1-3H3. The first-order valence-corrected chi connectivity index (χ1v) is 5.47. The molecule has 1 rings (SSSR count). The van der Waals surface area contributed by atoms with E-state index in [0.29, 0.717) is 0 Å². The fourth-order valence-corrected chi connectivity index (χ4v) is 1.41. The van der Waals surface area contributed by atoms with Crippen molar-refractivity contribution >= 4 is 0 Å². The minimum absolute atomic E-state index is 0.279. The number of hydrogen-bond acceptors (Lipinski definition) is 2. The number of aliphatic hydroxyl groups is 1. The van der Waals surface area contributed by atoms with Crippen LogP contribution in [0.3, 0.4) is 0 Å². The molecule has 0 amide bonds. The number of nitrogens with zero attached hydrogens (tertiary/aromatic N) is 1. The first-order valence-electron chi connectivity index (χ1n) is 5.47. The molecule has 18 heavy (non-hydrogen) atoms. The fourth-order valence-electron chi connectivity index (χ4n) is 1.41. The maximum atomic E-state index is 12.2. The predicted octanol–water partition coefficient (Wildman–Crippen LogP) is 2.07. The first kappa shape index (κ1) is 14.8. The Labute approximate surface area is 103 Å². The van der Waals surface area contributed by atoms with Gasteiger partial charge in [-0.05, 0) is 11.0 Å². The number of alkyl halides is 3. The van der Waals surface area contributed by atoms with Gasteiger partial charge in [-0.25, -0.2) is 0 Å². The zero-order valence-electron chi connectivity index (χ0n) is 10.5. The molecule has 1 N–H and O–H groups in total. The zero-order chi connectivity index (χ0) is 14.1. The third-order valence-electron chi connectivity index (χ3n) is 2.60. The van der Waals surface area contributed by atoms with Crippen molar-refractivity contribution in [3.63, 3.8) is 0 Å². The van der Waals surface area contributed by atoms with Crippen LogP contribution in [0.4, 0.5) is 13.2 Å². The summed E-state index contributed by atoms with van der Waals surface area (Å²) in [4.78, 5) is 11.4. The van der Waals surface area contributed by atoms with Gasteiger partial charge < -0.3 is 9.67 Å². The summed E-state index contributed by atoms with van der Waals surface area (Å²) in [6.07, 6.45) is -5.90. The van der Waals surface area contributed by atoms with Crippen molar-refractivity contribution in [2.24, 2.45) is 0 Å². The Kier molecular flexibility index (Phi) is 3.90. The Morgan fingerprint density at radius 3 is 2.28 bits per heavy atom. The lowest BCUT2D eigenvalue weighted by Gasteiger charge is -2.21. The lowest BCUT2D eigenvalue weighted by molar-refractivity contribution is -0.207. The third-order valence-corrected chi connectivity index (χ3v) is 2.60. The molecular weight excluding hydrogens is 247 g/mol. The van der Waals surface area contributed by atoms with E-state index in [1.807, 2.05) is 20.8 Å². The van der Waals surface area contributed by atoms with E-state index in [2.05, 4.69) is 0 Å². The molecule has 0 aliphatic carbocycles. The van der Waals surface area contributed by atoms with Gasteiger partial charge in [0, 0.05) is 12.3 Å². The normalized spacial score (nSPS) is 14.6. The number of halogens is 3. The van der Waals surface area contributed by atoms with E-state index < -0.39 is 24.4 Å². The van der Waals surface area contributed by atoms with Gasteiger partial charge in [0.2, 0.25) is 0 Å². The minimum atomic E-state index is -4.73. The highest BCUT2D eigenvalue weighted by atomic mass is 19.4. The summed E-state index contributed by atoms with van der Waals surface area (Å²) in [6.45, 7) is 4.87. The highest BCUT2D eigenvalue weighted by Gasteiger charge is 2.38. The maximum Gasteiger partial charge on any atom is 0.416 e. The maximum absolute atomic E-state index is 12.2. The molecule has 0 aliphatic heterocycles. The monoisotopic (exact) mass is 263 g/mol. The van der Waals surface area contributed by atoms with Gasteiger partial charge in [0.25, 0.3) is 5.56 Å². The van der Waals surface area contributed by atoms with Crippen molar-refractivity contribution in [2.45, 2.75) is 45.0 Å². The quantitative estimate of drug-likeness (QED) is 0.887. The minimum Gasteiger partial charge on any atom is -0.382 e. The number of hydrogen-bond donors (Lipinski definition) is 1. The van der Waals surface area contributed by atoms with Crippen LogP contribution in [0, 0.1) is 0 Å². The summed E-state index contributed by atoms with van der Waals surface area (Å²) in [6, 6.07) is 2.79. The second-order valence-electron chi connectivity index (χ2n) is 5.22. The van der Waals surface area contributed by atoms with Gasteiger partial charge in [-0.1, -0.05) is 26.8 Å². The molecular formula is C12H16F3NO2. The average Bonchev–Trinajstić information content (AvgIpc) is 2.18. The molecule has 6 heteroatoms. The van der Waals surface area contributed by atoms with E-state index in [0.717, 1.165) is 10.1 Å². The van der Waals surface area contributed by atoms with Crippen molar-refractivity contribution in [3.05, 3.63) is 34.2 Å². The summed E-state index contributed by atoms with van der Waals surface area (Å²) in [5, 5.41) is 8.97. The second-order valence-corrected chi connectivity index (χ2v) is 5.22. The number of aromatic nitrogens is 1. The van der Waals surface area contributed by atoms with Crippen LogP contribution in [-0.4, -0.2) is 22.0 Å². The van der Waals surface area contributed by atoms with Gasteiger partial charge in [0.1, 0.15) is 0 Å². The SMILES string of the molecule is CC(C)(C)c1ccc(=O)n(CC(O)C(F)(F)F)c1. The van der Waals surface area contributed by atoms with Crippen LogP contribution in [-0.2, 0) is 12.0 Å². The molecule has 0 aliphatic rings. The van der Waals surface area contributed by atoms with Crippen LogP contribution in [0.25, 0.3) is 0 Å². The summed E-state index contributed by atoms with van der Waals surface area (Å²) in [7, 11) is 0. The molecule has 3 nitrogen and oxygen atoms in total. The van der Waals surface area contributed by atoms with E-state index >= 15 is 0 Å². The summed E-state index contributed by atoms with van der Waals surface area (Å²) in [5.74, 6) is 0. The molecule has 1 aromatic rings. The Morgan fingerprint density at radius 1 is 1.28 bits per heavy atom. The van der Waals surface area contributed by atoms with E-state index in [1.54, 1.807) is 6.07 Å². The van der Waals surface area contributed by atoms with Crippen LogP contribution in [0.2, 0.25) is 0 Å². The van der Waals surface area contributed by atoms with Crippen molar-refractivity contribution in [2.75, 3.05) is 0 Å². The molecule has 1 atom stereocenters. The fraction of sp³-hybridized carbons (Fsp3) is 0.583. The predicted molar refractivity (Wildman–Crippen MR) is 61.5 cm³/mol. The summed E-state index contributed by atoms with van der Waals surface area (Å²) in [5.41, 5.74) is -0.110. The average molecular weight is 263 g/mol. The molecule has 0 fully saturated rings. The van der Waals surface area contributed by atoms with Crippen LogP contribution < -0.4 is 5.56 Å². The van der Waals surface area contributed by atoms with E-state index in [-0.39, 0.29) is 5.41 Å². The van der Waals surface area contributed by atoms with Crippen LogP contribution in [0.5, 0.6) is 0 Å². The molecule has 0 aromatic carbocycles. The lowest BCUT2D eigenvalue weighted by Crippen LogP contribution is -2.36. The number of pyridine rings is 1. The Balaban J connectivity index is 3.07. The molecule has 0 saturated heterocycles. The van der Waals surface area contributed by atoms with Crippen molar-refractivity contribution in [3.8, 4) is 0 Å². The highest BCUT2D eigenvalue weighted by molar-refractivity contribution is 5.19. The molecule has 1 unspecified atom stereocenters. The van der Waals surface area contributed by atoms with Gasteiger partial charge in [-0.15, -0.1) is 0 Å². The van der Waals surface area contributed by atoms with Crippen LogP contribution >= 0.6 is 0 Å². The van der Waals surface area contributed by atoms with Gasteiger partial charge >= 0.3 is 6.18 Å². The Hall–Kier alpha value is -1.30. The van der Waals surface area contributed by atoms with Crippen molar-refractivity contribution < 1.29 is 18.3 Å². The van der Waals surface area contributed by atoms with Crippen molar-refractivity contribution in [1.82, 2.24) is 4.57 Å². The summed E-state index contributed by atoms with van der Waals surface area (Å²) < 4.78 is 37.6. The topological polar surface area (TPSA) is 42.2 Å². The zero-order valence-corrected chi connectivity index (χ0v) is 10.5. The molecule has 1 aromatic heterocycles. The van der Waals surface area contributed by atoms with Crippen molar-refractivity contribution in [1.29, 1.82) is 0 Å². The van der Waals surface area contributed by atoms with Crippen LogP contribution in [0.1, 0.15) is 26.3 Å². The Morgan fingerprint density at radius 2 is 1.83 bits per heavy atom. The first-order chi connectivity index (χ1) is 8.01. The lowest BCUT2D eigenvalue weighted by atomic mass is 9.88. The smallest absolute Gasteiger partial charge is 0.382 e. The van der Waals surface area contributed by atoms with Gasteiger partial charge in [0.15, 0.2) is 6.10 Å². The Bertz CT molecular complexity index is 471.